The molecule has 0 saturated carbocycles. The molecule has 26 heavy (non-hydrogen) atoms. The van der Waals surface area contributed by atoms with Crippen LogP contribution in [0.25, 0.3) is 0 Å². The largest absolute Gasteiger partial charge is 0.357 e. The predicted molar refractivity (Wildman–Crippen MR) is 119 cm³/mol. The van der Waals surface area contributed by atoms with Crippen molar-refractivity contribution in [3.63, 3.8) is 0 Å². The second-order valence-electron chi connectivity index (χ2n) is 6.66. The fourth-order valence-electron chi connectivity index (χ4n) is 2.99. The first-order valence-corrected chi connectivity index (χ1v) is 9.01. The summed E-state index contributed by atoms with van der Waals surface area (Å²) in [6.45, 7) is 12.8. The summed E-state index contributed by atoms with van der Waals surface area (Å²) in [4.78, 5) is 7.14. The van der Waals surface area contributed by atoms with E-state index < -0.39 is 0 Å². The molecule has 0 bridgehead atoms. The number of piperidine rings is 1. The highest BCUT2D eigenvalue weighted by Gasteiger charge is 2.19. The number of guanidine groups is 1. The first kappa shape index (κ1) is 22.5. The van der Waals surface area contributed by atoms with Gasteiger partial charge in [0.2, 0.25) is 0 Å². The van der Waals surface area contributed by atoms with Gasteiger partial charge in [-0.1, -0.05) is 24.3 Å². The van der Waals surface area contributed by atoms with Crippen LogP contribution < -0.4 is 10.6 Å². The summed E-state index contributed by atoms with van der Waals surface area (Å²) in [7, 11) is 0. The van der Waals surface area contributed by atoms with Crippen molar-refractivity contribution in [1.82, 2.24) is 15.5 Å². The van der Waals surface area contributed by atoms with Crippen molar-refractivity contribution in [2.24, 2.45) is 4.99 Å². The summed E-state index contributed by atoms with van der Waals surface area (Å²) in [6.07, 6.45) is 2.24. The molecule has 0 unspecified atom stereocenters. The Balaban J connectivity index is 0.00000338. The van der Waals surface area contributed by atoms with Crippen molar-refractivity contribution in [3.8, 4) is 6.07 Å². The number of benzene rings is 1. The van der Waals surface area contributed by atoms with E-state index in [1.165, 1.54) is 5.57 Å². The molecule has 1 fully saturated rings. The summed E-state index contributed by atoms with van der Waals surface area (Å²) >= 11 is 0. The normalized spacial score (nSPS) is 15.7. The molecule has 0 spiro atoms. The van der Waals surface area contributed by atoms with Crippen LogP contribution in [0.1, 0.15) is 37.8 Å². The van der Waals surface area contributed by atoms with Crippen LogP contribution in [0, 0.1) is 11.3 Å². The third-order valence-corrected chi connectivity index (χ3v) is 4.27. The maximum Gasteiger partial charge on any atom is 0.191 e. The van der Waals surface area contributed by atoms with Gasteiger partial charge in [0.15, 0.2) is 5.96 Å². The fourth-order valence-corrected chi connectivity index (χ4v) is 2.99. The van der Waals surface area contributed by atoms with Crippen molar-refractivity contribution in [1.29, 1.82) is 5.26 Å². The van der Waals surface area contributed by atoms with Gasteiger partial charge >= 0.3 is 0 Å². The Morgan fingerprint density at radius 2 is 1.96 bits per heavy atom. The standard InChI is InChI=1S/C20H29N5.HI/c1-4-22-20(23-14-18-7-5-17(13-21)6-8-18)24-19-9-11-25(12-10-19)15-16(2)3;/h5-8,19H,2,4,9-12,14-15H2,1,3H3,(H2,22,23,24);1H. The molecule has 1 aromatic carbocycles. The van der Waals surface area contributed by atoms with Crippen LogP contribution in [-0.4, -0.2) is 43.1 Å². The third kappa shape index (κ3) is 7.75. The zero-order chi connectivity index (χ0) is 18.1. The fraction of sp³-hybridized carbons (Fsp3) is 0.500. The van der Waals surface area contributed by atoms with E-state index in [4.69, 9.17) is 5.26 Å². The van der Waals surface area contributed by atoms with Crippen LogP contribution in [0.15, 0.2) is 41.4 Å². The lowest BCUT2D eigenvalue weighted by Crippen LogP contribution is -2.48. The second-order valence-corrected chi connectivity index (χ2v) is 6.66. The zero-order valence-corrected chi connectivity index (χ0v) is 18.1. The molecule has 1 aromatic rings. The van der Waals surface area contributed by atoms with Gasteiger partial charge in [0.1, 0.15) is 0 Å². The zero-order valence-electron chi connectivity index (χ0n) is 15.8. The lowest BCUT2D eigenvalue weighted by Gasteiger charge is -2.33. The van der Waals surface area contributed by atoms with Crippen LogP contribution in [-0.2, 0) is 6.54 Å². The quantitative estimate of drug-likeness (QED) is 0.292. The van der Waals surface area contributed by atoms with Gasteiger partial charge in [-0.05, 0) is 44.4 Å². The van der Waals surface area contributed by atoms with E-state index in [1.807, 2.05) is 24.3 Å². The second kappa shape index (κ2) is 11.9. The SMILES string of the molecule is C=C(C)CN1CCC(NC(=NCc2ccc(C#N)cc2)NCC)CC1.I. The number of hydrogen-bond acceptors (Lipinski definition) is 3. The topological polar surface area (TPSA) is 63.5 Å². The number of rotatable bonds is 6. The molecule has 1 aliphatic heterocycles. The molecule has 5 nitrogen and oxygen atoms in total. The summed E-state index contributed by atoms with van der Waals surface area (Å²) in [6, 6.07) is 10.2. The van der Waals surface area contributed by atoms with Gasteiger partial charge in [0.05, 0.1) is 18.2 Å². The lowest BCUT2D eigenvalue weighted by atomic mass is 10.0. The molecule has 1 aliphatic rings. The van der Waals surface area contributed by atoms with Crippen LogP contribution >= 0.6 is 24.0 Å². The summed E-state index contributed by atoms with van der Waals surface area (Å²) in [5, 5.41) is 15.7. The molecule has 6 heteroatoms. The maximum absolute atomic E-state index is 8.86. The number of halogens is 1. The highest BCUT2D eigenvalue weighted by molar-refractivity contribution is 14.0. The molecular weight excluding hydrogens is 437 g/mol. The van der Waals surface area contributed by atoms with E-state index in [2.05, 4.69) is 47.0 Å². The molecule has 0 radical (unpaired) electrons. The predicted octanol–water partition coefficient (Wildman–Crippen LogP) is 3.27. The molecule has 142 valence electrons. The van der Waals surface area contributed by atoms with Gasteiger partial charge in [-0.15, -0.1) is 24.0 Å². The van der Waals surface area contributed by atoms with Crippen molar-refractivity contribution < 1.29 is 0 Å². The van der Waals surface area contributed by atoms with Gasteiger partial charge < -0.3 is 10.6 Å². The Bertz CT molecular complexity index is 625. The van der Waals surface area contributed by atoms with Gasteiger partial charge in [-0.2, -0.15) is 5.26 Å². The first-order chi connectivity index (χ1) is 12.1. The molecule has 0 atom stereocenters. The average molecular weight is 467 g/mol. The molecule has 0 amide bonds. The Labute approximate surface area is 174 Å². The molecule has 2 rings (SSSR count). The van der Waals surface area contributed by atoms with Gasteiger partial charge in [-0.25, -0.2) is 4.99 Å². The average Bonchev–Trinajstić information content (AvgIpc) is 2.61. The van der Waals surface area contributed by atoms with Crippen molar-refractivity contribution in [2.75, 3.05) is 26.2 Å². The van der Waals surface area contributed by atoms with E-state index >= 15 is 0 Å². The minimum atomic E-state index is 0. The van der Waals surface area contributed by atoms with E-state index in [1.54, 1.807) is 0 Å². The molecule has 1 heterocycles. The molecule has 2 N–H and O–H groups in total. The number of hydrogen-bond donors (Lipinski definition) is 2. The number of nitrogens with one attached hydrogen (secondary N) is 2. The number of likely N-dealkylation sites (tertiary alicyclic amines) is 1. The summed E-state index contributed by atoms with van der Waals surface area (Å²) in [5.41, 5.74) is 3.01. The van der Waals surface area contributed by atoms with Gasteiger partial charge in [-0.3, -0.25) is 4.90 Å². The number of aliphatic imine (C=N–C) groups is 1. The Kier molecular flexibility index (Phi) is 10.3. The molecule has 1 saturated heterocycles. The van der Waals surface area contributed by atoms with E-state index in [0.717, 1.165) is 50.5 Å². The van der Waals surface area contributed by atoms with Crippen LogP contribution in [0.5, 0.6) is 0 Å². The van der Waals surface area contributed by atoms with Gasteiger partial charge in [0.25, 0.3) is 0 Å². The minimum absolute atomic E-state index is 0. The number of nitriles is 1. The van der Waals surface area contributed by atoms with Crippen molar-refractivity contribution in [2.45, 2.75) is 39.3 Å². The Morgan fingerprint density at radius 3 is 2.50 bits per heavy atom. The lowest BCUT2D eigenvalue weighted by molar-refractivity contribution is 0.221. The highest BCUT2D eigenvalue weighted by Crippen LogP contribution is 2.11. The number of nitrogens with zero attached hydrogens (tertiary/aromatic N) is 3. The molecule has 0 aliphatic carbocycles. The van der Waals surface area contributed by atoms with E-state index in [0.29, 0.717) is 18.2 Å². The maximum atomic E-state index is 8.86. The van der Waals surface area contributed by atoms with Crippen molar-refractivity contribution in [3.05, 3.63) is 47.5 Å². The van der Waals surface area contributed by atoms with Crippen molar-refractivity contribution >= 4 is 29.9 Å². The third-order valence-electron chi connectivity index (χ3n) is 4.27. The molecular formula is C20H30IN5. The summed E-state index contributed by atoms with van der Waals surface area (Å²) < 4.78 is 0. The van der Waals surface area contributed by atoms with E-state index in [9.17, 15) is 0 Å². The van der Waals surface area contributed by atoms with Crippen LogP contribution in [0.2, 0.25) is 0 Å². The van der Waals surface area contributed by atoms with Crippen LogP contribution in [0.3, 0.4) is 0 Å². The Morgan fingerprint density at radius 1 is 1.31 bits per heavy atom. The smallest absolute Gasteiger partial charge is 0.191 e. The van der Waals surface area contributed by atoms with Crippen LogP contribution in [0.4, 0.5) is 0 Å². The van der Waals surface area contributed by atoms with E-state index in [-0.39, 0.29) is 24.0 Å². The first-order valence-electron chi connectivity index (χ1n) is 9.01. The summed E-state index contributed by atoms with van der Waals surface area (Å²) in [5.74, 6) is 0.866. The molecule has 0 aromatic heterocycles. The van der Waals surface area contributed by atoms with Gasteiger partial charge in [0, 0.05) is 32.2 Å². The minimum Gasteiger partial charge on any atom is -0.357 e. The highest BCUT2D eigenvalue weighted by atomic mass is 127. The monoisotopic (exact) mass is 467 g/mol. The Hall–Kier alpha value is -1.59.